The Bertz CT molecular complexity index is 662. The first-order chi connectivity index (χ1) is 9.78. The van der Waals surface area contributed by atoms with Gasteiger partial charge >= 0.3 is 0 Å². The molecule has 2 N–H and O–H groups in total. The molecular weight excluding hydrogens is 250 g/mol. The lowest BCUT2D eigenvalue weighted by Crippen LogP contribution is -2.47. The molecule has 4 rings (SSSR count). The van der Waals surface area contributed by atoms with E-state index < -0.39 is 0 Å². The van der Waals surface area contributed by atoms with Crippen LogP contribution in [0.15, 0.2) is 42.5 Å². The van der Waals surface area contributed by atoms with Crippen molar-refractivity contribution in [3.05, 3.63) is 59.2 Å². The second-order valence-electron chi connectivity index (χ2n) is 5.62. The van der Waals surface area contributed by atoms with Gasteiger partial charge in [-0.05, 0) is 34.9 Å². The molecule has 102 valence electrons. The molecular formula is C17H17NO2. The zero-order valence-electron chi connectivity index (χ0n) is 11.3. The first kappa shape index (κ1) is 11.8. The normalized spacial score (nSPS) is 19.0. The third-order valence-corrected chi connectivity index (χ3v) is 4.38. The van der Waals surface area contributed by atoms with Crippen LogP contribution in [0.1, 0.15) is 16.7 Å². The zero-order valence-corrected chi connectivity index (χ0v) is 11.3. The van der Waals surface area contributed by atoms with E-state index in [4.69, 9.17) is 15.2 Å². The van der Waals surface area contributed by atoms with Crippen LogP contribution in [0.5, 0.6) is 5.75 Å². The minimum Gasteiger partial charge on any atom is -0.493 e. The fourth-order valence-electron chi connectivity index (χ4n) is 3.13. The molecule has 1 fully saturated rings. The average Bonchev–Trinajstić information content (AvgIpc) is 2.85. The summed E-state index contributed by atoms with van der Waals surface area (Å²) in [6, 6.07) is 14.7. The number of ether oxygens (including phenoxy) is 2. The van der Waals surface area contributed by atoms with Gasteiger partial charge in [0.1, 0.15) is 5.75 Å². The number of nitrogen functional groups attached to an aromatic ring is 1. The molecule has 3 heteroatoms. The van der Waals surface area contributed by atoms with Crippen LogP contribution in [-0.2, 0) is 16.6 Å². The molecule has 20 heavy (non-hydrogen) atoms. The number of fused-ring (bicyclic) bond motifs is 1. The summed E-state index contributed by atoms with van der Waals surface area (Å²) in [5, 5.41) is 0. The second kappa shape index (κ2) is 4.25. The summed E-state index contributed by atoms with van der Waals surface area (Å²) < 4.78 is 11.1. The van der Waals surface area contributed by atoms with Crippen LogP contribution in [0, 0.1) is 0 Å². The molecule has 0 saturated carbocycles. The highest BCUT2D eigenvalue weighted by Gasteiger charge is 2.42. The fourth-order valence-corrected chi connectivity index (χ4v) is 3.13. The third-order valence-electron chi connectivity index (χ3n) is 4.38. The molecule has 0 radical (unpaired) electrons. The summed E-state index contributed by atoms with van der Waals surface area (Å²) in [5.41, 5.74) is 10.5. The SMILES string of the molecule is Nc1cccc(C2(c3ccc4c(c3)CCO4)COC2)c1. The molecule has 2 aromatic carbocycles. The van der Waals surface area contributed by atoms with Gasteiger partial charge in [-0.15, -0.1) is 0 Å². The minimum atomic E-state index is -0.0486. The summed E-state index contributed by atoms with van der Waals surface area (Å²) in [6.07, 6.45) is 0.997. The van der Waals surface area contributed by atoms with Gasteiger partial charge in [0, 0.05) is 12.1 Å². The molecule has 0 amide bonds. The van der Waals surface area contributed by atoms with E-state index in [9.17, 15) is 0 Å². The largest absolute Gasteiger partial charge is 0.493 e. The van der Waals surface area contributed by atoms with Gasteiger partial charge in [0.05, 0.1) is 25.2 Å². The molecule has 0 aromatic heterocycles. The Morgan fingerprint density at radius 2 is 1.85 bits per heavy atom. The Kier molecular flexibility index (Phi) is 2.51. The predicted molar refractivity (Wildman–Crippen MR) is 78.1 cm³/mol. The van der Waals surface area contributed by atoms with Crippen LogP contribution in [0.25, 0.3) is 0 Å². The van der Waals surface area contributed by atoms with Crippen LogP contribution in [0.4, 0.5) is 5.69 Å². The van der Waals surface area contributed by atoms with Crippen LogP contribution in [0.2, 0.25) is 0 Å². The van der Waals surface area contributed by atoms with E-state index in [0.29, 0.717) is 0 Å². The van der Waals surface area contributed by atoms with E-state index >= 15 is 0 Å². The standard InChI is InChI=1S/C17H17NO2/c18-15-3-1-2-13(9-15)17(10-19-11-17)14-4-5-16-12(8-14)6-7-20-16/h1-5,8-9H,6-7,10-11,18H2. The van der Waals surface area contributed by atoms with E-state index in [1.54, 1.807) is 0 Å². The van der Waals surface area contributed by atoms with Gasteiger partial charge in [-0.25, -0.2) is 0 Å². The topological polar surface area (TPSA) is 44.5 Å². The van der Waals surface area contributed by atoms with Crippen LogP contribution < -0.4 is 10.5 Å². The van der Waals surface area contributed by atoms with Gasteiger partial charge in [-0.3, -0.25) is 0 Å². The number of hydrogen-bond acceptors (Lipinski definition) is 3. The molecule has 3 nitrogen and oxygen atoms in total. The maximum atomic E-state index is 5.94. The average molecular weight is 267 g/mol. The van der Waals surface area contributed by atoms with Crippen molar-refractivity contribution in [2.75, 3.05) is 25.6 Å². The van der Waals surface area contributed by atoms with Crippen molar-refractivity contribution < 1.29 is 9.47 Å². The first-order valence-electron chi connectivity index (χ1n) is 6.98. The van der Waals surface area contributed by atoms with Crippen molar-refractivity contribution in [3.8, 4) is 5.75 Å². The van der Waals surface area contributed by atoms with Crippen molar-refractivity contribution >= 4 is 5.69 Å². The quantitative estimate of drug-likeness (QED) is 0.850. The number of benzene rings is 2. The van der Waals surface area contributed by atoms with Gasteiger partial charge in [-0.1, -0.05) is 24.3 Å². The van der Waals surface area contributed by atoms with Gasteiger partial charge in [-0.2, -0.15) is 0 Å². The number of hydrogen-bond donors (Lipinski definition) is 1. The lowest BCUT2D eigenvalue weighted by Gasteiger charge is -2.42. The highest BCUT2D eigenvalue weighted by Crippen LogP contribution is 2.41. The molecule has 2 aromatic rings. The second-order valence-corrected chi connectivity index (χ2v) is 5.62. The maximum absolute atomic E-state index is 5.94. The van der Waals surface area contributed by atoms with Crippen molar-refractivity contribution in [2.45, 2.75) is 11.8 Å². The van der Waals surface area contributed by atoms with Gasteiger partial charge < -0.3 is 15.2 Å². The molecule has 0 aliphatic carbocycles. The van der Waals surface area contributed by atoms with Gasteiger partial charge in [0.15, 0.2) is 0 Å². The minimum absolute atomic E-state index is 0.0486. The van der Waals surface area contributed by atoms with E-state index in [2.05, 4.69) is 30.3 Å². The van der Waals surface area contributed by atoms with Gasteiger partial charge in [0.25, 0.3) is 0 Å². The van der Waals surface area contributed by atoms with Crippen molar-refractivity contribution in [3.63, 3.8) is 0 Å². The Balaban J connectivity index is 1.81. The lowest BCUT2D eigenvalue weighted by molar-refractivity contribution is -0.0379. The summed E-state index contributed by atoms with van der Waals surface area (Å²) >= 11 is 0. The van der Waals surface area contributed by atoms with E-state index in [0.717, 1.165) is 37.7 Å². The van der Waals surface area contributed by atoms with Crippen LogP contribution in [-0.4, -0.2) is 19.8 Å². The van der Waals surface area contributed by atoms with Crippen LogP contribution in [0.3, 0.4) is 0 Å². The molecule has 1 saturated heterocycles. The zero-order chi connectivity index (χ0) is 13.6. The first-order valence-corrected chi connectivity index (χ1v) is 6.98. The maximum Gasteiger partial charge on any atom is 0.122 e. The lowest BCUT2D eigenvalue weighted by atomic mass is 9.72. The Morgan fingerprint density at radius 1 is 1.00 bits per heavy atom. The van der Waals surface area contributed by atoms with E-state index in [1.165, 1.54) is 16.7 Å². The Morgan fingerprint density at radius 3 is 2.60 bits per heavy atom. The van der Waals surface area contributed by atoms with E-state index in [-0.39, 0.29) is 5.41 Å². The highest BCUT2D eigenvalue weighted by molar-refractivity contribution is 5.52. The van der Waals surface area contributed by atoms with Crippen LogP contribution >= 0.6 is 0 Å². The van der Waals surface area contributed by atoms with Crippen molar-refractivity contribution in [1.29, 1.82) is 0 Å². The van der Waals surface area contributed by atoms with Crippen molar-refractivity contribution in [1.82, 2.24) is 0 Å². The molecule has 0 unspecified atom stereocenters. The monoisotopic (exact) mass is 267 g/mol. The summed E-state index contributed by atoms with van der Waals surface area (Å²) in [4.78, 5) is 0. The number of rotatable bonds is 2. The van der Waals surface area contributed by atoms with Crippen molar-refractivity contribution in [2.24, 2.45) is 0 Å². The molecule has 2 aliphatic heterocycles. The summed E-state index contributed by atoms with van der Waals surface area (Å²) in [5.74, 6) is 1.02. The third kappa shape index (κ3) is 1.63. The smallest absolute Gasteiger partial charge is 0.122 e. The highest BCUT2D eigenvalue weighted by atomic mass is 16.5. The molecule has 2 heterocycles. The Hall–Kier alpha value is -2.00. The molecule has 0 bridgehead atoms. The number of nitrogens with two attached hydrogens (primary N) is 1. The molecule has 0 atom stereocenters. The molecule has 0 spiro atoms. The number of anilines is 1. The summed E-state index contributed by atoms with van der Waals surface area (Å²) in [6.45, 7) is 2.23. The predicted octanol–water partition coefficient (Wildman–Crippen LogP) is 2.52. The molecule has 2 aliphatic rings. The fraction of sp³-hybridized carbons (Fsp3) is 0.294. The van der Waals surface area contributed by atoms with Gasteiger partial charge in [0.2, 0.25) is 0 Å². The Labute approximate surface area is 118 Å². The summed E-state index contributed by atoms with van der Waals surface area (Å²) in [7, 11) is 0. The van der Waals surface area contributed by atoms with E-state index in [1.807, 2.05) is 12.1 Å².